The molecule has 0 spiro atoms. The lowest BCUT2D eigenvalue weighted by atomic mass is 10.1. The highest BCUT2D eigenvalue weighted by atomic mass is 16.1. The zero-order valence-corrected chi connectivity index (χ0v) is 7.42. The van der Waals surface area contributed by atoms with Crippen molar-refractivity contribution in [3.63, 3.8) is 0 Å². The zero-order chi connectivity index (χ0) is 8.27. The molecule has 0 bridgehead atoms. The molecular weight excluding hydrogens is 138 g/mol. The number of hydrogen-bond acceptors (Lipinski definition) is 1. The van der Waals surface area contributed by atoms with Gasteiger partial charge in [0.25, 0.3) is 0 Å². The smallest absolute Gasteiger partial charge is 0.210 e. The van der Waals surface area contributed by atoms with E-state index in [1.807, 2.05) is 4.90 Å². The third-order valence-electron chi connectivity index (χ3n) is 2.74. The fraction of sp³-hybridized carbons (Fsp3) is 0.889. The highest BCUT2D eigenvalue weighted by molar-refractivity contribution is 5.49. The minimum Gasteiger partial charge on any atom is -0.339 e. The first-order valence-electron chi connectivity index (χ1n) is 4.56. The van der Waals surface area contributed by atoms with E-state index in [1.165, 1.54) is 12.8 Å². The van der Waals surface area contributed by atoms with Crippen molar-refractivity contribution in [1.82, 2.24) is 4.90 Å². The van der Waals surface area contributed by atoms with Gasteiger partial charge in [0.1, 0.15) is 0 Å². The molecule has 1 saturated heterocycles. The Bertz CT molecular complexity index is 124. The first kappa shape index (κ1) is 8.57. The Morgan fingerprint density at radius 2 is 1.73 bits per heavy atom. The van der Waals surface area contributed by atoms with Crippen LogP contribution in [0.1, 0.15) is 39.5 Å². The van der Waals surface area contributed by atoms with E-state index in [0.717, 1.165) is 19.3 Å². The maximum Gasteiger partial charge on any atom is 0.210 e. The van der Waals surface area contributed by atoms with Crippen molar-refractivity contribution >= 4 is 6.41 Å². The van der Waals surface area contributed by atoms with Crippen LogP contribution in [0, 0.1) is 0 Å². The summed E-state index contributed by atoms with van der Waals surface area (Å²) in [5.41, 5.74) is 0. The van der Waals surface area contributed by atoms with Gasteiger partial charge < -0.3 is 4.90 Å². The van der Waals surface area contributed by atoms with Crippen LogP contribution < -0.4 is 0 Å². The Balaban J connectivity index is 2.54. The molecule has 1 heterocycles. The van der Waals surface area contributed by atoms with Crippen LogP contribution in [0.5, 0.6) is 0 Å². The summed E-state index contributed by atoms with van der Waals surface area (Å²) >= 11 is 0. The van der Waals surface area contributed by atoms with Gasteiger partial charge in [0.15, 0.2) is 0 Å². The predicted molar refractivity (Wildman–Crippen MR) is 45.3 cm³/mol. The maximum atomic E-state index is 10.7. The van der Waals surface area contributed by atoms with Gasteiger partial charge in [0.2, 0.25) is 6.41 Å². The van der Waals surface area contributed by atoms with E-state index in [0.29, 0.717) is 12.1 Å². The molecule has 0 radical (unpaired) electrons. The topological polar surface area (TPSA) is 20.3 Å². The average molecular weight is 155 g/mol. The first-order chi connectivity index (χ1) is 5.33. The monoisotopic (exact) mass is 155 g/mol. The molecule has 2 atom stereocenters. The van der Waals surface area contributed by atoms with Gasteiger partial charge in [0, 0.05) is 12.1 Å². The maximum absolute atomic E-state index is 10.7. The average Bonchev–Trinajstić information content (AvgIpc) is 2.45. The van der Waals surface area contributed by atoms with Gasteiger partial charge >= 0.3 is 0 Å². The summed E-state index contributed by atoms with van der Waals surface area (Å²) in [7, 11) is 0. The molecule has 1 amide bonds. The van der Waals surface area contributed by atoms with Crippen molar-refractivity contribution in [3.05, 3.63) is 0 Å². The predicted octanol–water partition coefficient (Wildman–Crippen LogP) is 1.80. The summed E-state index contributed by atoms with van der Waals surface area (Å²) in [6, 6.07) is 1.05. The molecular formula is C9H17NO. The van der Waals surface area contributed by atoms with Crippen LogP contribution in [0.4, 0.5) is 0 Å². The third-order valence-corrected chi connectivity index (χ3v) is 2.74. The van der Waals surface area contributed by atoms with E-state index in [2.05, 4.69) is 13.8 Å². The van der Waals surface area contributed by atoms with Crippen LogP contribution in [-0.2, 0) is 4.79 Å². The summed E-state index contributed by atoms with van der Waals surface area (Å²) in [5, 5.41) is 0. The zero-order valence-electron chi connectivity index (χ0n) is 7.42. The summed E-state index contributed by atoms with van der Waals surface area (Å²) < 4.78 is 0. The standard InChI is InChI=1S/C9H17NO/c1-3-8-5-6-9(4-2)10(8)7-11/h7-9H,3-6H2,1-2H3. The fourth-order valence-corrected chi connectivity index (χ4v) is 1.98. The lowest BCUT2D eigenvalue weighted by molar-refractivity contribution is -0.120. The number of nitrogens with zero attached hydrogens (tertiary/aromatic N) is 1. The van der Waals surface area contributed by atoms with E-state index in [1.54, 1.807) is 0 Å². The quantitative estimate of drug-likeness (QED) is 0.569. The number of carbonyl (C=O) groups excluding carboxylic acids is 1. The molecule has 0 aromatic heterocycles. The second-order valence-electron chi connectivity index (χ2n) is 3.25. The second kappa shape index (κ2) is 3.74. The van der Waals surface area contributed by atoms with Gasteiger partial charge in [-0.1, -0.05) is 13.8 Å². The third kappa shape index (κ3) is 1.55. The highest BCUT2D eigenvalue weighted by Gasteiger charge is 2.29. The van der Waals surface area contributed by atoms with Gasteiger partial charge in [-0.05, 0) is 25.7 Å². The number of rotatable bonds is 3. The van der Waals surface area contributed by atoms with Gasteiger partial charge in [-0.25, -0.2) is 0 Å². The molecule has 11 heavy (non-hydrogen) atoms. The van der Waals surface area contributed by atoms with Crippen LogP contribution in [0.25, 0.3) is 0 Å². The molecule has 0 aromatic carbocycles. The van der Waals surface area contributed by atoms with Crippen LogP contribution in [0.2, 0.25) is 0 Å². The number of amides is 1. The highest BCUT2D eigenvalue weighted by Crippen LogP contribution is 2.25. The van der Waals surface area contributed by atoms with E-state index < -0.39 is 0 Å². The van der Waals surface area contributed by atoms with Crippen LogP contribution >= 0.6 is 0 Å². The van der Waals surface area contributed by atoms with Crippen molar-refractivity contribution in [2.45, 2.75) is 51.6 Å². The molecule has 64 valence electrons. The van der Waals surface area contributed by atoms with Crippen LogP contribution in [0.3, 0.4) is 0 Å². The largest absolute Gasteiger partial charge is 0.339 e. The van der Waals surface area contributed by atoms with E-state index in [4.69, 9.17) is 0 Å². The molecule has 1 aliphatic heterocycles. The Labute approximate surface area is 68.6 Å². The first-order valence-corrected chi connectivity index (χ1v) is 4.56. The number of likely N-dealkylation sites (tertiary alicyclic amines) is 1. The van der Waals surface area contributed by atoms with Gasteiger partial charge in [-0.15, -0.1) is 0 Å². The Hall–Kier alpha value is -0.530. The fourth-order valence-electron chi connectivity index (χ4n) is 1.98. The van der Waals surface area contributed by atoms with Crippen molar-refractivity contribution in [2.75, 3.05) is 0 Å². The molecule has 0 aromatic rings. The van der Waals surface area contributed by atoms with Gasteiger partial charge in [-0.2, -0.15) is 0 Å². The minimum atomic E-state index is 0.525. The van der Waals surface area contributed by atoms with Crippen molar-refractivity contribution in [1.29, 1.82) is 0 Å². The SMILES string of the molecule is CCC1CCC(CC)N1C=O. The number of hydrogen-bond donors (Lipinski definition) is 0. The lowest BCUT2D eigenvalue weighted by Crippen LogP contribution is -2.33. The second-order valence-corrected chi connectivity index (χ2v) is 3.25. The summed E-state index contributed by atoms with van der Waals surface area (Å²) in [6.07, 6.45) is 5.64. The summed E-state index contributed by atoms with van der Waals surface area (Å²) in [6.45, 7) is 4.30. The Morgan fingerprint density at radius 1 is 1.27 bits per heavy atom. The molecule has 1 rings (SSSR count). The van der Waals surface area contributed by atoms with Crippen molar-refractivity contribution < 1.29 is 4.79 Å². The summed E-state index contributed by atoms with van der Waals surface area (Å²) in [5.74, 6) is 0. The minimum absolute atomic E-state index is 0.525. The molecule has 1 aliphatic rings. The van der Waals surface area contributed by atoms with E-state index >= 15 is 0 Å². The Morgan fingerprint density at radius 3 is 2.00 bits per heavy atom. The van der Waals surface area contributed by atoms with Crippen molar-refractivity contribution in [2.24, 2.45) is 0 Å². The van der Waals surface area contributed by atoms with Crippen LogP contribution in [-0.4, -0.2) is 23.4 Å². The van der Waals surface area contributed by atoms with Gasteiger partial charge in [-0.3, -0.25) is 4.79 Å². The molecule has 0 saturated carbocycles. The molecule has 1 fully saturated rings. The molecule has 0 aliphatic carbocycles. The molecule has 2 unspecified atom stereocenters. The van der Waals surface area contributed by atoms with Gasteiger partial charge in [0.05, 0.1) is 0 Å². The lowest BCUT2D eigenvalue weighted by Gasteiger charge is -2.24. The number of carbonyl (C=O) groups is 1. The molecule has 0 N–H and O–H groups in total. The van der Waals surface area contributed by atoms with Crippen molar-refractivity contribution in [3.8, 4) is 0 Å². The molecule has 2 nitrogen and oxygen atoms in total. The Kier molecular flexibility index (Phi) is 2.92. The van der Waals surface area contributed by atoms with Crippen LogP contribution in [0.15, 0.2) is 0 Å². The van der Waals surface area contributed by atoms with E-state index in [9.17, 15) is 4.79 Å². The normalized spacial score (nSPS) is 30.9. The molecule has 2 heteroatoms. The van der Waals surface area contributed by atoms with E-state index in [-0.39, 0.29) is 0 Å². The summed E-state index contributed by atoms with van der Waals surface area (Å²) in [4.78, 5) is 12.7.